The van der Waals surface area contributed by atoms with Crippen molar-refractivity contribution in [3.8, 4) is 0 Å². The van der Waals surface area contributed by atoms with Gasteiger partial charge in [-0.1, -0.05) is 56.4 Å². The van der Waals surface area contributed by atoms with Crippen LogP contribution in [0.5, 0.6) is 0 Å². The summed E-state index contributed by atoms with van der Waals surface area (Å²) in [6.07, 6.45) is 10.2. The predicted molar refractivity (Wildman–Crippen MR) is 130 cm³/mol. The van der Waals surface area contributed by atoms with Crippen LogP contribution in [0.3, 0.4) is 0 Å². The van der Waals surface area contributed by atoms with Crippen LogP contribution in [0.1, 0.15) is 62.1 Å². The summed E-state index contributed by atoms with van der Waals surface area (Å²) in [5.41, 5.74) is 2.21. The number of rotatable bonds is 6. The monoisotopic (exact) mass is 473 g/mol. The minimum Gasteiger partial charge on any atom is -0.312 e. The minimum absolute atomic E-state index is 0.146. The van der Waals surface area contributed by atoms with Crippen molar-refractivity contribution >= 4 is 9.84 Å². The second-order valence-electron chi connectivity index (χ2n) is 9.48. The topological polar surface area (TPSA) is 61.4 Å². The van der Waals surface area contributed by atoms with Gasteiger partial charge in [-0.25, -0.2) is 12.8 Å². The van der Waals surface area contributed by atoms with E-state index in [1.165, 1.54) is 63.3 Å². The molecule has 1 aliphatic carbocycles. The zero-order chi connectivity index (χ0) is 23.3. The highest BCUT2D eigenvalue weighted by Gasteiger charge is 2.36. The van der Waals surface area contributed by atoms with Crippen LogP contribution in [0.2, 0.25) is 0 Å². The Hall–Kier alpha value is -1.80. The number of nitrogens with zero attached hydrogens (tertiary/aromatic N) is 1. The van der Waals surface area contributed by atoms with Crippen molar-refractivity contribution in [2.75, 3.05) is 19.3 Å². The number of nitrogens with one attached hydrogen (secondary N) is 2. The summed E-state index contributed by atoms with van der Waals surface area (Å²) < 4.78 is 37.2. The van der Waals surface area contributed by atoms with E-state index >= 15 is 0 Å². The van der Waals surface area contributed by atoms with Gasteiger partial charge < -0.3 is 5.32 Å². The standard InChI is InChI=1S/C26H36FN3O2S/c1-33(31,32)24-15-11-21(12-16-24)25-18-28-19-26(29-17-20-9-13-22(27)14-10-20)30(25)23-7-5-3-2-4-6-8-23/h9-16,23,25-26,28-29H,2-8,17-19H2,1H3. The summed E-state index contributed by atoms with van der Waals surface area (Å²) in [4.78, 5) is 3.00. The number of halogens is 1. The molecule has 0 radical (unpaired) electrons. The molecular formula is C26H36FN3O2S. The van der Waals surface area contributed by atoms with Gasteiger partial charge in [-0.05, 0) is 48.2 Å². The van der Waals surface area contributed by atoms with Gasteiger partial charge in [-0.15, -0.1) is 0 Å². The maximum Gasteiger partial charge on any atom is 0.175 e. The Morgan fingerprint density at radius 2 is 1.58 bits per heavy atom. The molecule has 2 aromatic carbocycles. The van der Waals surface area contributed by atoms with E-state index in [-0.39, 0.29) is 18.0 Å². The lowest BCUT2D eigenvalue weighted by atomic mass is 9.91. The Bertz CT molecular complexity index is 987. The van der Waals surface area contributed by atoms with Crippen molar-refractivity contribution in [1.29, 1.82) is 0 Å². The summed E-state index contributed by atoms with van der Waals surface area (Å²) in [5.74, 6) is -0.216. The molecule has 1 saturated carbocycles. The normalized spacial score (nSPS) is 23.7. The molecule has 2 unspecified atom stereocenters. The number of benzene rings is 2. The molecule has 180 valence electrons. The fourth-order valence-corrected chi connectivity index (χ4v) is 5.90. The van der Waals surface area contributed by atoms with E-state index in [2.05, 4.69) is 15.5 Å². The molecule has 1 saturated heterocycles. The lowest BCUT2D eigenvalue weighted by Gasteiger charge is -2.48. The highest BCUT2D eigenvalue weighted by molar-refractivity contribution is 7.90. The van der Waals surface area contributed by atoms with Gasteiger partial charge in [0.2, 0.25) is 0 Å². The van der Waals surface area contributed by atoms with Crippen molar-refractivity contribution in [2.45, 2.75) is 74.6 Å². The van der Waals surface area contributed by atoms with Crippen LogP contribution in [0.4, 0.5) is 4.39 Å². The fourth-order valence-electron chi connectivity index (χ4n) is 5.27. The Kier molecular flexibility index (Phi) is 8.17. The second-order valence-corrected chi connectivity index (χ2v) is 11.5. The Balaban J connectivity index is 1.58. The van der Waals surface area contributed by atoms with Crippen LogP contribution in [-0.4, -0.2) is 44.9 Å². The van der Waals surface area contributed by atoms with E-state index in [0.29, 0.717) is 17.5 Å². The van der Waals surface area contributed by atoms with Crippen LogP contribution >= 0.6 is 0 Å². The van der Waals surface area contributed by atoms with Gasteiger partial charge in [0, 0.05) is 38.0 Å². The van der Waals surface area contributed by atoms with Crippen LogP contribution < -0.4 is 10.6 Å². The van der Waals surface area contributed by atoms with Gasteiger partial charge in [-0.2, -0.15) is 0 Å². The molecule has 2 aliphatic rings. The first-order valence-electron chi connectivity index (χ1n) is 12.2. The van der Waals surface area contributed by atoms with Gasteiger partial charge >= 0.3 is 0 Å². The van der Waals surface area contributed by atoms with Crippen LogP contribution in [0, 0.1) is 5.82 Å². The molecule has 4 rings (SSSR count). The summed E-state index contributed by atoms with van der Waals surface area (Å²) in [6.45, 7) is 2.36. The first kappa shape index (κ1) is 24.3. The molecule has 0 amide bonds. The molecule has 0 aromatic heterocycles. The van der Waals surface area contributed by atoms with E-state index in [1.54, 1.807) is 12.1 Å². The molecule has 33 heavy (non-hydrogen) atoms. The summed E-state index contributed by atoms with van der Waals surface area (Å²) in [5, 5.41) is 7.31. The minimum atomic E-state index is -3.21. The molecule has 1 heterocycles. The first-order chi connectivity index (χ1) is 15.9. The molecule has 0 bridgehead atoms. The van der Waals surface area contributed by atoms with E-state index < -0.39 is 9.84 Å². The highest BCUT2D eigenvalue weighted by atomic mass is 32.2. The molecule has 7 heteroatoms. The van der Waals surface area contributed by atoms with Crippen molar-refractivity contribution in [2.24, 2.45) is 0 Å². The van der Waals surface area contributed by atoms with E-state index in [0.717, 1.165) is 24.2 Å². The summed E-state index contributed by atoms with van der Waals surface area (Å²) in [6, 6.07) is 14.7. The SMILES string of the molecule is CS(=O)(=O)c1ccc(C2CNCC(NCc3ccc(F)cc3)N2C2CCCCCCC2)cc1. The van der Waals surface area contributed by atoms with Crippen LogP contribution in [0.15, 0.2) is 53.4 Å². The predicted octanol–water partition coefficient (Wildman–Crippen LogP) is 4.40. The number of sulfone groups is 1. The zero-order valence-electron chi connectivity index (χ0n) is 19.5. The van der Waals surface area contributed by atoms with Crippen molar-refractivity contribution in [3.63, 3.8) is 0 Å². The van der Waals surface area contributed by atoms with Crippen molar-refractivity contribution in [3.05, 3.63) is 65.5 Å². The summed E-state index contributed by atoms with van der Waals surface area (Å²) >= 11 is 0. The van der Waals surface area contributed by atoms with Gasteiger partial charge in [0.25, 0.3) is 0 Å². The van der Waals surface area contributed by atoms with Crippen molar-refractivity contribution in [1.82, 2.24) is 15.5 Å². The van der Waals surface area contributed by atoms with Gasteiger partial charge in [0.15, 0.2) is 9.84 Å². The molecule has 2 fully saturated rings. The quantitative estimate of drug-likeness (QED) is 0.651. The summed E-state index contributed by atoms with van der Waals surface area (Å²) in [7, 11) is -3.21. The molecule has 2 aromatic rings. The average molecular weight is 474 g/mol. The van der Waals surface area contributed by atoms with Crippen molar-refractivity contribution < 1.29 is 12.8 Å². The second kappa shape index (κ2) is 11.1. The molecular weight excluding hydrogens is 437 g/mol. The Labute approximate surface area is 197 Å². The van der Waals surface area contributed by atoms with Crippen LogP contribution in [0.25, 0.3) is 0 Å². The van der Waals surface area contributed by atoms with E-state index in [1.807, 2.05) is 24.3 Å². The first-order valence-corrected chi connectivity index (χ1v) is 14.1. The number of piperazine rings is 1. The smallest absolute Gasteiger partial charge is 0.175 e. The van der Waals surface area contributed by atoms with E-state index in [9.17, 15) is 12.8 Å². The van der Waals surface area contributed by atoms with Gasteiger partial charge in [-0.3, -0.25) is 10.2 Å². The molecule has 2 atom stereocenters. The maximum atomic E-state index is 13.3. The third kappa shape index (κ3) is 6.41. The lowest BCUT2D eigenvalue weighted by molar-refractivity contribution is 0.0186. The Morgan fingerprint density at radius 3 is 2.21 bits per heavy atom. The molecule has 1 aliphatic heterocycles. The highest BCUT2D eigenvalue weighted by Crippen LogP contribution is 2.33. The zero-order valence-corrected chi connectivity index (χ0v) is 20.3. The fraction of sp³-hybridized carbons (Fsp3) is 0.538. The number of hydrogen-bond acceptors (Lipinski definition) is 5. The van der Waals surface area contributed by atoms with Crippen LogP contribution in [-0.2, 0) is 16.4 Å². The third-order valence-electron chi connectivity index (χ3n) is 7.04. The average Bonchev–Trinajstić information content (AvgIpc) is 2.78. The van der Waals surface area contributed by atoms with Gasteiger partial charge in [0.1, 0.15) is 5.82 Å². The van der Waals surface area contributed by atoms with E-state index in [4.69, 9.17) is 0 Å². The largest absolute Gasteiger partial charge is 0.312 e. The maximum absolute atomic E-state index is 13.3. The Morgan fingerprint density at radius 1 is 0.939 bits per heavy atom. The molecule has 2 N–H and O–H groups in total. The molecule has 5 nitrogen and oxygen atoms in total. The molecule has 0 spiro atoms. The third-order valence-corrected chi connectivity index (χ3v) is 8.17. The number of hydrogen-bond donors (Lipinski definition) is 2. The lowest BCUT2D eigenvalue weighted by Crippen LogP contribution is -2.61. The van der Waals surface area contributed by atoms with Gasteiger partial charge in [0.05, 0.1) is 11.1 Å².